The Morgan fingerprint density at radius 1 is 1.45 bits per heavy atom. The summed E-state index contributed by atoms with van der Waals surface area (Å²) >= 11 is 0. The van der Waals surface area contributed by atoms with Crippen molar-refractivity contribution in [2.24, 2.45) is 5.41 Å². The molecule has 1 heterocycles. The summed E-state index contributed by atoms with van der Waals surface area (Å²) in [5.41, 5.74) is 0.299. The largest absolute Gasteiger partial charge is 0.381 e. The smallest absolute Gasteiger partial charge is 0.115 e. The Hall–Kier alpha value is -0.0800. The molecule has 0 aromatic heterocycles. The van der Waals surface area contributed by atoms with Crippen LogP contribution >= 0.6 is 0 Å². The minimum Gasteiger partial charge on any atom is -0.381 e. The molecule has 1 rings (SSSR count). The van der Waals surface area contributed by atoms with E-state index in [4.69, 9.17) is 16.6 Å². The van der Waals surface area contributed by atoms with Gasteiger partial charge in [-0.3, -0.25) is 0 Å². The quantitative estimate of drug-likeness (QED) is 0.621. The zero-order valence-electron chi connectivity index (χ0n) is 7.14. The van der Waals surface area contributed by atoms with Gasteiger partial charge in [0.15, 0.2) is 0 Å². The Labute approximate surface area is 68.9 Å². The van der Waals surface area contributed by atoms with Crippen molar-refractivity contribution < 1.29 is 9.47 Å². The summed E-state index contributed by atoms with van der Waals surface area (Å²) in [6, 6.07) is 0. The van der Waals surface area contributed by atoms with Crippen LogP contribution < -0.4 is 0 Å². The molecule has 0 saturated carbocycles. The summed E-state index contributed by atoms with van der Waals surface area (Å²) < 4.78 is 10.00. The average Bonchev–Trinajstić information content (AvgIpc) is 2.07. The second-order valence-electron chi connectivity index (χ2n) is 3.28. The molecule has 0 atom stereocenters. The molecule has 2 heteroatoms. The molecule has 0 N–H and O–H groups in total. The molecule has 1 saturated heterocycles. The monoisotopic (exact) mass is 156 g/mol. The van der Waals surface area contributed by atoms with Gasteiger partial charge >= 0.3 is 0 Å². The van der Waals surface area contributed by atoms with Crippen molar-refractivity contribution >= 4 is 0 Å². The minimum atomic E-state index is 0.299. The van der Waals surface area contributed by atoms with Crippen molar-refractivity contribution in [2.45, 2.75) is 26.2 Å². The summed E-state index contributed by atoms with van der Waals surface area (Å²) in [6.07, 6.45) is 3.30. The fourth-order valence-electron chi connectivity index (χ4n) is 1.58. The van der Waals surface area contributed by atoms with Crippen molar-refractivity contribution in [1.29, 1.82) is 0 Å². The summed E-state index contributed by atoms with van der Waals surface area (Å²) in [4.78, 5) is 0. The lowest BCUT2D eigenvalue weighted by Crippen LogP contribution is -2.32. The van der Waals surface area contributed by atoms with Crippen LogP contribution in [0.25, 0.3) is 0 Å². The van der Waals surface area contributed by atoms with E-state index in [1.807, 2.05) is 0 Å². The first-order chi connectivity index (χ1) is 5.33. The second-order valence-corrected chi connectivity index (χ2v) is 3.28. The van der Waals surface area contributed by atoms with E-state index in [9.17, 15) is 0 Å². The van der Waals surface area contributed by atoms with Crippen LogP contribution in [0.15, 0.2) is 0 Å². The Morgan fingerprint density at radius 2 is 2.09 bits per heavy atom. The van der Waals surface area contributed by atoms with Crippen LogP contribution in [0.5, 0.6) is 0 Å². The van der Waals surface area contributed by atoms with E-state index in [2.05, 4.69) is 6.92 Å². The van der Waals surface area contributed by atoms with Gasteiger partial charge in [0.1, 0.15) is 7.11 Å². The molecule has 1 aliphatic rings. The molecule has 2 nitrogen and oxygen atoms in total. The number of hydrogen-bond acceptors (Lipinski definition) is 2. The molecule has 0 aromatic carbocycles. The first-order valence-electron chi connectivity index (χ1n) is 4.22. The highest BCUT2D eigenvalue weighted by molar-refractivity contribution is 4.80. The van der Waals surface area contributed by atoms with E-state index < -0.39 is 0 Å². The molecule has 1 aliphatic heterocycles. The molecule has 64 valence electrons. The third-order valence-electron chi connectivity index (χ3n) is 2.69. The average molecular weight is 156 g/mol. The predicted octanol–water partition coefficient (Wildman–Crippen LogP) is 1.88. The fourth-order valence-corrected chi connectivity index (χ4v) is 1.58. The van der Waals surface area contributed by atoms with E-state index in [1.54, 1.807) is 0 Å². The first-order valence-corrected chi connectivity index (χ1v) is 4.22. The van der Waals surface area contributed by atoms with Crippen molar-refractivity contribution in [1.82, 2.24) is 0 Å². The molecule has 11 heavy (non-hydrogen) atoms. The van der Waals surface area contributed by atoms with Gasteiger partial charge in [-0.15, -0.1) is 0 Å². The van der Waals surface area contributed by atoms with Crippen molar-refractivity contribution in [2.75, 3.05) is 19.8 Å². The topological polar surface area (TPSA) is 18.5 Å². The highest BCUT2D eigenvalue weighted by Crippen LogP contribution is 2.33. The third-order valence-corrected chi connectivity index (χ3v) is 2.69. The van der Waals surface area contributed by atoms with E-state index in [0.29, 0.717) is 12.0 Å². The van der Waals surface area contributed by atoms with Crippen LogP contribution in [0.4, 0.5) is 0 Å². The van der Waals surface area contributed by atoms with Gasteiger partial charge in [0, 0.05) is 13.2 Å². The highest BCUT2D eigenvalue weighted by atomic mass is 16.5. The lowest BCUT2D eigenvalue weighted by atomic mass is 9.79. The molecular weight excluding hydrogens is 140 g/mol. The summed E-state index contributed by atoms with van der Waals surface area (Å²) in [7, 11) is 5.08. The van der Waals surface area contributed by atoms with Crippen LogP contribution in [-0.2, 0) is 9.47 Å². The van der Waals surface area contributed by atoms with E-state index in [-0.39, 0.29) is 0 Å². The Bertz CT molecular complexity index is 101. The number of hydrogen-bond donors (Lipinski definition) is 0. The fraction of sp³-hybridized carbons (Fsp3) is 0.889. The van der Waals surface area contributed by atoms with Gasteiger partial charge in [-0.1, -0.05) is 6.92 Å². The zero-order valence-corrected chi connectivity index (χ0v) is 7.14. The van der Waals surface area contributed by atoms with E-state index in [0.717, 1.165) is 32.5 Å². The SMILES string of the molecule is [CH]OCC1(CC)CCOCC1. The molecule has 1 fully saturated rings. The predicted molar refractivity (Wildman–Crippen MR) is 43.0 cm³/mol. The first kappa shape index (κ1) is 9.01. The molecular formula is C9H16O2. The van der Waals surface area contributed by atoms with Crippen LogP contribution in [0.1, 0.15) is 26.2 Å². The molecule has 0 bridgehead atoms. The summed E-state index contributed by atoms with van der Waals surface area (Å²) in [5, 5.41) is 0. The van der Waals surface area contributed by atoms with Crippen LogP contribution in [0, 0.1) is 12.5 Å². The van der Waals surface area contributed by atoms with Crippen LogP contribution in [0.3, 0.4) is 0 Å². The normalized spacial score (nSPS) is 23.5. The van der Waals surface area contributed by atoms with Crippen LogP contribution in [-0.4, -0.2) is 19.8 Å². The van der Waals surface area contributed by atoms with Gasteiger partial charge in [0.25, 0.3) is 0 Å². The minimum absolute atomic E-state index is 0.299. The molecule has 0 aliphatic carbocycles. The number of rotatable bonds is 3. The molecule has 0 unspecified atom stereocenters. The van der Waals surface area contributed by atoms with Gasteiger partial charge in [-0.25, -0.2) is 0 Å². The zero-order chi connectivity index (χ0) is 8.16. The van der Waals surface area contributed by atoms with E-state index in [1.165, 1.54) is 0 Å². The lowest BCUT2D eigenvalue weighted by Gasteiger charge is -2.35. The standard InChI is InChI=1S/C9H16O2/c1-3-9(8-10-2)4-6-11-7-5-9/h2H,3-8H2,1H3. The summed E-state index contributed by atoms with van der Waals surface area (Å²) in [5.74, 6) is 0. The Morgan fingerprint density at radius 3 is 2.55 bits per heavy atom. The van der Waals surface area contributed by atoms with Gasteiger partial charge in [-0.05, 0) is 24.7 Å². The number of ether oxygens (including phenoxy) is 2. The molecule has 0 aromatic rings. The second kappa shape index (κ2) is 4.07. The Kier molecular flexibility index (Phi) is 3.34. The maximum atomic E-state index is 5.28. The van der Waals surface area contributed by atoms with Gasteiger partial charge in [-0.2, -0.15) is 0 Å². The van der Waals surface area contributed by atoms with Gasteiger partial charge in [0.05, 0.1) is 6.61 Å². The van der Waals surface area contributed by atoms with Gasteiger partial charge in [0.2, 0.25) is 0 Å². The highest BCUT2D eigenvalue weighted by Gasteiger charge is 2.30. The maximum Gasteiger partial charge on any atom is 0.115 e. The van der Waals surface area contributed by atoms with Crippen molar-refractivity contribution in [3.05, 3.63) is 7.11 Å². The van der Waals surface area contributed by atoms with E-state index >= 15 is 0 Å². The Balaban J connectivity index is 2.42. The lowest BCUT2D eigenvalue weighted by molar-refractivity contribution is -0.0227. The van der Waals surface area contributed by atoms with Gasteiger partial charge < -0.3 is 9.47 Å². The van der Waals surface area contributed by atoms with Crippen molar-refractivity contribution in [3.8, 4) is 0 Å². The summed E-state index contributed by atoms with van der Waals surface area (Å²) in [6.45, 7) is 4.58. The third kappa shape index (κ3) is 2.17. The van der Waals surface area contributed by atoms with Crippen molar-refractivity contribution in [3.63, 3.8) is 0 Å². The molecule has 2 radical (unpaired) electrons. The molecule has 0 spiro atoms. The molecule has 0 amide bonds. The maximum absolute atomic E-state index is 5.28. The van der Waals surface area contributed by atoms with Crippen LogP contribution in [0.2, 0.25) is 0 Å².